The van der Waals surface area contributed by atoms with Crippen LogP contribution in [0.4, 0.5) is 14.5 Å². The van der Waals surface area contributed by atoms with Gasteiger partial charge in [0.15, 0.2) is 11.6 Å². The predicted molar refractivity (Wildman–Crippen MR) is 87.6 cm³/mol. The topological polar surface area (TPSA) is 41.1 Å². The second-order valence-corrected chi connectivity index (χ2v) is 5.49. The molecule has 0 aliphatic carbocycles. The van der Waals surface area contributed by atoms with E-state index in [1.165, 1.54) is 6.07 Å². The first kappa shape index (κ1) is 17.4. The van der Waals surface area contributed by atoms with Crippen LogP contribution in [0.15, 0.2) is 42.5 Å². The SMILES string of the molecule is O=C(CCNCCc1cccc(Cl)c1)Nc1ccc(F)c(F)c1. The summed E-state index contributed by atoms with van der Waals surface area (Å²) in [6.45, 7) is 1.22. The highest BCUT2D eigenvalue weighted by atomic mass is 35.5. The van der Waals surface area contributed by atoms with Gasteiger partial charge in [-0.3, -0.25) is 4.79 Å². The lowest BCUT2D eigenvalue weighted by Crippen LogP contribution is -2.23. The summed E-state index contributed by atoms with van der Waals surface area (Å²) in [5.74, 6) is -2.18. The molecule has 2 rings (SSSR count). The standard InChI is InChI=1S/C17H17ClF2N2O/c18-13-3-1-2-12(10-13)6-8-21-9-7-17(23)22-14-4-5-15(19)16(20)11-14/h1-5,10-11,21H,6-9H2,(H,22,23). The summed E-state index contributed by atoms with van der Waals surface area (Å²) in [6, 6.07) is 10.9. The van der Waals surface area contributed by atoms with E-state index < -0.39 is 11.6 Å². The van der Waals surface area contributed by atoms with E-state index in [0.29, 0.717) is 11.6 Å². The average Bonchev–Trinajstić information content (AvgIpc) is 2.51. The minimum atomic E-state index is -0.984. The van der Waals surface area contributed by atoms with Gasteiger partial charge in [-0.05, 0) is 42.8 Å². The number of hydrogen-bond acceptors (Lipinski definition) is 2. The van der Waals surface area contributed by atoms with E-state index in [4.69, 9.17) is 11.6 Å². The Morgan fingerprint density at radius 3 is 2.61 bits per heavy atom. The fraction of sp³-hybridized carbons (Fsp3) is 0.235. The summed E-state index contributed by atoms with van der Waals surface area (Å²) in [5.41, 5.74) is 1.36. The maximum atomic E-state index is 13.0. The fourth-order valence-electron chi connectivity index (χ4n) is 2.05. The van der Waals surface area contributed by atoms with Gasteiger partial charge in [0.1, 0.15) is 0 Å². The normalized spacial score (nSPS) is 10.6. The van der Waals surface area contributed by atoms with Crippen molar-refractivity contribution < 1.29 is 13.6 Å². The zero-order chi connectivity index (χ0) is 16.7. The molecule has 0 fully saturated rings. The summed E-state index contributed by atoms with van der Waals surface area (Å²) in [4.78, 5) is 11.7. The van der Waals surface area contributed by atoms with Gasteiger partial charge in [0, 0.05) is 29.7 Å². The fourth-order valence-corrected chi connectivity index (χ4v) is 2.26. The summed E-state index contributed by atoms with van der Waals surface area (Å²) < 4.78 is 25.8. The van der Waals surface area contributed by atoms with E-state index in [9.17, 15) is 13.6 Å². The van der Waals surface area contributed by atoms with E-state index in [0.717, 1.165) is 30.7 Å². The number of amides is 1. The zero-order valence-electron chi connectivity index (χ0n) is 12.4. The van der Waals surface area contributed by atoms with Gasteiger partial charge in [0.2, 0.25) is 5.91 Å². The van der Waals surface area contributed by atoms with Gasteiger partial charge >= 0.3 is 0 Å². The number of nitrogens with one attached hydrogen (secondary N) is 2. The van der Waals surface area contributed by atoms with Gasteiger partial charge in [-0.25, -0.2) is 8.78 Å². The molecule has 23 heavy (non-hydrogen) atoms. The van der Waals surface area contributed by atoms with Gasteiger partial charge < -0.3 is 10.6 Å². The molecule has 122 valence electrons. The van der Waals surface area contributed by atoms with Crippen LogP contribution in [0.25, 0.3) is 0 Å². The molecule has 2 aromatic rings. The van der Waals surface area contributed by atoms with Crippen molar-refractivity contribution in [3.63, 3.8) is 0 Å². The molecule has 6 heteroatoms. The van der Waals surface area contributed by atoms with Crippen LogP contribution < -0.4 is 10.6 Å². The molecule has 2 N–H and O–H groups in total. The number of hydrogen-bond donors (Lipinski definition) is 2. The summed E-state index contributed by atoms with van der Waals surface area (Å²) in [5, 5.41) is 6.38. The molecule has 0 saturated carbocycles. The zero-order valence-corrected chi connectivity index (χ0v) is 13.2. The average molecular weight is 339 g/mol. The smallest absolute Gasteiger partial charge is 0.225 e. The summed E-state index contributed by atoms with van der Waals surface area (Å²) >= 11 is 5.90. The second kappa shape index (κ2) is 8.60. The Morgan fingerprint density at radius 2 is 1.87 bits per heavy atom. The largest absolute Gasteiger partial charge is 0.326 e. The van der Waals surface area contributed by atoms with E-state index >= 15 is 0 Å². The Morgan fingerprint density at radius 1 is 1.04 bits per heavy atom. The molecule has 0 bridgehead atoms. The van der Waals surface area contributed by atoms with Gasteiger partial charge in [-0.1, -0.05) is 23.7 Å². The molecule has 1 amide bonds. The van der Waals surface area contributed by atoms with Crippen molar-refractivity contribution in [3.05, 3.63) is 64.7 Å². The molecular weight excluding hydrogens is 322 g/mol. The number of anilines is 1. The molecule has 0 heterocycles. The lowest BCUT2D eigenvalue weighted by molar-refractivity contribution is -0.116. The number of benzene rings is 2. The van der Waals surface area contributed by atoms with Crippen LogP contribution in [0.3, 0.4) is 0 Å². The minimum Gasteiger partial charge on any atom is -0.326 e. The predicted octanol–water partition coefficient (Wildman–Crippen LogP) is 3.78. The van der Waals surface area contributed by atoms with Crippen molar-refractivity contribution in [2.75, 3.05) is 18.4 Å². The third kappa shape index (κ3) is 5.96. The number of carbonyl (C=O) groups excluding carboxylic acids is 1. The molecule has 0 spiro atoms. The molecule has 0 aliphatic rings. The van der Waals surface area contributed by atoms with E-state index in [-0.39, 0.29) is 18.0 Å². The Balaban J connectivity index is 1.65. The Bertz CT molecular complexity index is 679. The Kier molecular flexibility index (Phi) is 6.50. The van der Waals surface area contributed by atoms with Crippen LogP contribution in [0, 0.1) is 11.6 Å². The molecule has 3 nitrogen and oxygen atoms in total. The first-order chi connectivity index (χ1) is 11.0. The van der Waals surface area contributed by atoms with Crippen molar-refractivity contribution in [2.24, 2.45) is 0 Å². The molecule has 0 unspecified atom stereocenters. The summed E-state index contributed by atoms with van der Waals surface area (Å²) in [6.07, 6.45) is 1.06. The quantitative estimate of drug-likeness (QED) is 0.754. The first-order valence-corrected chi connectivity index (χ1v) is 7.62. The molecule has 0 saturated heterocycles. The van der Waals surface area contributed by atoms with Crippen LogP contribution in [0.2, 0.25) is 5.02 Å². The maximum Gasteiger partial charge on any atom is 0.225 e. The number of carbonyl (C=O) groups is 1. The lowest BCUT2D eigenvalue weighted by atomic mass is 10.1. The van der Waals surface area contributed by atoms with Gasteiger partial charge in [0.25, 0.3) is 0 Å². The van der Waals surface area contributed by atoms with Crippen molar-refractivity contribution in [3.8, 4) is 0 Å². The monoisotopic (exact) mass is 338 g/mol. The highest BCUT2D eigenvalue weighted by Gasteiger charge is 2.06. The minimum absolute atomic E-state index is 0.243. The third-order valence-electron chi connectivity index (χ3n) is 3.21. The first-order valence-electron chi connectivity index (χ1n) is 7.24. The van der Waals surface area contributed by atoms with Crippen molar-refractivity contribution >= 4 is 23.2 Å². The summed E-state index contributed by atoms with van der Waals surface area (Å²) in [7, 11) is 0. The molecular formula is C17H17ClF2N2O. The molecule has 0 radical (unpaired) electrons. The van der Waals surface area contributed by atoms with E-state index in [1.54, 1.807) is 0 Å². The Hall–Kier alpha value is -1.98. The van der Waals surface area contributed by atoms with Crippen molar-refractivity contribution in [1.29, 1.82) is 0 Å². The molecule has 2 aromatic carbocycles. The van der Waals surface area contributed by atoms with Crippen molar-refractivity contribution in [1.82, 2.24) is 5.32 Å². The van der Waals surface area contributed by atoms with Gasteiger partial charge in [-0.2, -0.15) is 0 Å². The second-order valence-electron chi connectivity index (χ2n) is 5.06. The van der Waals surface area contributed by atoms with Crippen LogP contribution in [0.5, 0.6) is 0 Å². The van der Waals surface area contributed by atoms with Crippen LogP contribution in [0.1, 0.15) is 12.0 Å². The number of halogens is 3. The van der Waals surface area contributed by atoms with Gasteiger partial charge in [-0.15, -0.1) is 0 Å². The van der Waals surface area contributed by atoms with Crippen molar-refractivity contribution in [2.45, 2.75) is 12.8 Å². The van der Waals surface area contributed by atoms with Gasteiger partial charge in [0.05, 0.1) is 0 Å². The molecule has 0 atom stereocenters. The molecule has 0 aliphatic heterocycles. The highest BCUT2D eigenvalue weighted by Crippen LogP contribution is 2.13. The maximum absolute atomic E-state index is 13.0. The third-order valence-corrected chi connectivity index (χ3v) is 3.45. The van der Waals surface area contributed by atoms with E-state index in [2.05, 4.69) is 10.6 Å². The lowest BCUT2D eigenvalue weighted by Gasteiger charge is -2.07. The Labute approximate surface area is 138 Å². The highest BCUT2D eigenvalue weighted by molar-refractivity contribution is 6.30. The van der Waals surface area contributed by atoms with Crippen LogP contribution in [-0.4, -0.2) is 19.0 Å². The number of rotatable bonds is 7. The van der Waals surface area contributed by atoms with Crippen LogP contribution in [-0.2, 0) is 11.2 Å². The molecule has 0 aromatic heterocycles. The van der Waals surface area contributed by atoms with Crippen LogP contribution >= 0.6 is 11.6 Å². The van der Waals surface area contributed by atoms with E-state index in [1.807, 2.05) is 24.3 Å².